The smallest absolute Gasteiger partial charge is 0.305 e. The van der Waals surface area contributed by atoms with Crippen molar-refractivity contribution in [3.8, 4) is 0 Å². The van der Waals surface area contributed by atoms with E-state index in [-0.39, 0.29) is 0 Å². The van der Waals surface area contributed by atoms with E-state index in [9.17, 15) is 0 Å². The van der Waals surface area contributed by atoms with Gasteiger partial charge in [0.2, 0.25) is 11.3 Å². The zero-order valence-electron chi connectivity index (χ0n) is 13.0. The summed E-state index contributed by atoms with van der Waals surface area (Å²) in [5.74, 6) is 0.941. The van der Waals surface area contributed by atoms with Gasteiger partial charge in [0.15, 0.2) is 0 Å². The molecule has 0 aliphatic rings. The first-order chi connectivity index (χ1) is 10.8. The Labute approximate surface area is 135 Å². The van der Waals surface area contributed by atoms with Crippen LogP contribution in [-0.4, -0.2) is 6.61 Å². The monoisotopic (exact) mass is 310 g/mol. The molecule has 0 aliphatic heterocycles. The zero-order valence-corrected chi connectivity index (χ0v) is 13.8. The average molecular weight is 310 g/mol. The third-order valence-electron chi connectivity index (χ3n) is 3.53. The van der Waals surface area contributed by atoms with E-state index in [4.69, 9.17) is 4.74 Å². The van der Waals surface area contributed by atoms with Gasteiger partial charge < -0.3 is 4.74 Å². The van der Waals surface area contributed by atoms with Crippen LogP contribution in [0.3, 0.4) is 0 Å². The molecular weight excluding hydrogens is 290 g/mol. The van der Waals surface area contributed by atoms with Crippen LogP contribution in [0.1, 0.15) is 24.4 Å². The third kappa shape index (κ3) is 2.90. The molecule has 1 heterocycles. The van der Waals surface area contributed by atoms with Crippen LogP contribution < -0.4 is 4.57 Å². The van der Waals surface area contributed by atoms with Gasteiger partial charge in [-0.25, -0.2) is 0 Å². The van der Waals surface area contributed by atoms with Crippen LogP contribution in [-0.2, 0) is 11.3 Å². The van der Waals surface area contributed by atoms with E-state index in [1.807, 2.05) is 25.1 Å². The number of nitrogens with zero attached hydrogens (tertiary/aromatic N) is 1. The summed E-state index contributed by atoms with van der Waals surface area (Å²) in [5, 5.41) is 1.18. The molecule has 0 unspecified atom stereocenters. The Morgan fingerprint density at radius 2 is 1.77 bits per heavy atom. The number of aryl methyl sites for hydroxylation is 1. The fraction of sp³-hybridized carbons (Fsp3) is 0.211. The summed E-state index contributed by atoms with van der Waals surface area (Å²) >= 11 is 1.79. The summed E-state index contributed by atoms with van der Waals surface area (Å²) in [4.78, 5) is 0. The molecule has 0 saturated carbocycles. The topological polar surface area (TPSA) is 13.1 Å². The number of para-hydroxylation sites is 1. The average Bonchev–Trinajstić information content (AvgIpc) is 2.94. The molecule has 0 radical (unpaired) electrons. The van der Waals surface area contributed by atoms with Crippen molar-refractivity contribution < 1.29 is 9.30 Å². The lowest BCUT2D eigenvalue weighted by Crippen LogP contribution is -2.34. The largest absolute Gasteiger partial charge is 0.487 e. The van der Waals surface area contributed by atoms with Gasteiger partial charge >= 0.3 is 5.01 Å². The van der Waals surface area contributed by atoms with Crippen molar-refractivity contribution in [2.24, 2.45) is 0 Å². The van der Waals surface area contributed by atoms with Gasteiger partial charge in [0.05, 0.1) is 6.61 Å². The predicted molar refractivity (Wildman–Crippen MR) is 93.6 cm³/mol. The number of thiazole rings is 1. The van der Waals surface area contributed by atoms with Gasteiger partial charge in [0.1, 0.15) is 11.2 Å². The maximum absolute atomic E-state index is 5.95. The number of hydrogen-bond donors (Lipinski definition) is 0. The molecule has 0 bridgehead atoms. The Balaban J connectivity index is 2.14. The molecule has 0 N–H and O–H groups in total. The van der Waals surface area contributed by atoms with E-state index in [0.717, 1.165) is 17.9 Å². The van der Waals surface area contributed by atoms with Crippen LogP contribution in [0, 0.1) is 0 Å². The molecule has 2 nitrogen and oxygen atoms in total. The minimum absolute atomic E-state index is 0.663. The molecule has 0 saturated heterocycles. The highest BCUT2D eigenvalue weighted by Crippen LogP contribution is 2.27. The van der Waals surface area contributed by atoms with Crippen LogP contribution in [0.25, 0.3) is 22.1 Å². The lowest BCUT2D eigenvalue weighted by atomic mass is 10.2. The van der Waals surface area contributed by atoms with E-state index in [1.165, 1.54) is 15.2 Å². The molecule has 3 rings (SSSR count). The Morgan fingerprint density at radius 3 is 2.50 bits per heavy atom. The molecule has 0 amide bonds. The standard InChI is InChI=1S/C19H20NOS/c1-3-20-16-12-8-9-13-18(16)22-19(20)17(21-4-2)14-15-10-6-5-7-11-15/h5-14H,3-4H2,1-2H3/q+1. The number of benzene rings is 2. The molecule has 112 valence electrons. The Bertz CT molecular complexity index is 790. The number of fused-ring (bicyclic) bond motifs is 1. The molecule has 2 aromatic carbocycles. The van der Waals surface area contributed by atoms with Gasteiger partial charge in [0, 0.05) is 6.07 Å². The minimum atomic E-state index is 0.663. The van der Waals surface area contributed by atoms with Crippen LogP contribution in [0.2, 0.25) is 0 Å². The van der Waals surface area contributed by atoms with Crippen molar-refractivity contribution in [1.29, 1.82) is 0 Å². The van der Waals surface area contributed by atoms with Crippen LogP contribution in [0.15, 0.2) is 54.6 Å². The van der Waals surface area contributed by atoms with Crippen molar-refractivity contribution in [3.63, 3.8) is 0 Å². The SMILES string of the molecule is CCOC(=Cc1ccccc1)c1sc2ccccc2[n+]1CC. The fourth-order valence-corrected chi connectivity index (χ4v) is 3.75. The van der Waals surface area contributed by atoms with E-state index in [1.54, 1.807) is 11.3 Å². The summed E-state index contributed by atoms with van der Waals surface area (Å²) in [7, 11) is 0. The van der Waals surface area contributed by atoms with E-state index in [2.05, 4.69) is 54.0 Å². The second-order valence-corrected chi connectivity index (χ2v) is 6.00. The highest BCUT2D eigenvalue weighted by atomic mass is 32.1. The number of rotatable bonds is 5. The van der Waals surface area contributed by atoms with E-state index < -0.39 is 0 Å². The lowest BCUT2D eigenvalue weighted by Gasteiger charge is -2.05. The molecule has 0 fully saturated rings. The molecule has 3 heteroatoms. The summed E-state index contributed by atoms with van der Waals surface area (Å²) in [5.41, 5.74) is 2.43. The minimum Gasteiger partial charge on any atom is -0.487 e. The molecule has 0 spiro atoms. The van der Waals surface area contributed by atoms with Crippen LogP contribution >= 0.6 is 11.3 Å². The van der Waals surface area contributed by atoms with Crippen LogP contribution in [0.4, 0.5) is 0 Å². The van der Waals surface area contributed by atoms with Gasteiger partial charge in [-0.15, -0.1) is 0 Å². The van der Waals surface area contributed by atoms with Gasteiger partial charge in [-0.2, -0.15) is 4.57 Å². The molecule has 0 atom stereocenters. The molecule has 3 aromatic rings. The van der Waals surface area contributed by atoms with Crippen molar-refractivity contribution in [2.45, 2.75) is 20.4 Å². The first kappa shape index (κ1) is 14.8. The Hall–Kier alpha value is -2.13. The first-order valence-electron chi connectivity index (χ1n) is 7.64. The van der Waals surface area contributed by atoms with E-state index in [0.29, 0.717) is 6.61 Å². The highest BCUT2D eigenvalue weighted by molar-refractivity contribution is 7.19. The predicted octanol–water partition coefficient (Wildman–Crippen LogP) is 4.74. The number of aromatic nitrogens is 1. The molecule has 22 heavy (non-hydrogen) atoms. The summed E-state index contributed by atoms with van der Waals surface area (Å²) in [6.45, 7) is 5.80. The van der Waals surface area contributed by atoms with Gasteiger partial charge in [-0.3, -0.25) is 0 Å². The van der Waals surface area contributed by atoms with E-state index >= 15 is 0 Å². The highest BCUT2D eigenvalue weighted by Gasteiger charge is 2.23. The summed E-state index contributed by atoms with van der Waals surface area (Å²) < 4.78 is 9.57. The second kappa shape index (κ2) is 6.75. The zero-order chi connectivity index (χ0) is 15.4. The summed E-state index contributed by atoms with van der Waals surface area (Å²) in [6.07, 6.45) is 2.13. The maximum Gasteiger partial charge on any atom is 0.305 e. The van der Waals surface area contributed by atoms with Gasteiger partial charge in [-0.05, 0) is 31.6 Å². The number of ether oxygens (including phenoxy) is 1. The van der Waals surface area contributed by atoms with Gasteiger partial charge in [0.25, 0.3) is 0 Å². The molecule has 1 aromatic heterocycles. The molecular formula is C19H20NOS+. The number of hydrogen-bond acceptors (Lipinski definition) is 2. The Morgan fingerprint density at radius 1 is 1.05 bits per heavy atom. The maximum atomic E-state index is 5.95. The van der Waals surface area contributed by atoms with Crippen molar-refractivity contribution in [1.82, 2.24) is 0 Å². The normalized spacial score (nSPS) is 11.8. The quantitative estimate of drug-likeness (QED) is 0.490. The van der Waals surface area contributed by atoms with Gasteiger partial charge in [-0.1, -0.05) is 53.8 Å². The summed E-state index contributed by atoms with van der Waals surface area (Å²) in [6, 6.07) is 18.8. The first-order valence-corrected chi connectivity index (χ1v) is 8.46. The second-order valence-electron chi connectivity index (χ2n) is 4.97. The van der Waals surface area contributed by atoms with Crippen molar-refractivity contribution >= 4 is 33.4 Å². The van der Waals surface area contributed by atoms with Crippen LogP contribution in [0.5, 0.6) is 0 Å². The van der Waals surface area contributed by atoms with Crippen molar-refractivity contribution in [3.05, 3.63) is 65.2 Å². The Kier molecular flexibility index (Phi) is 4.54. The van der Waals surface area contributed by atoms with Crippen molar-refractivity contribution in [2.75, 3.05) is 6.61 Å². The fourth-order valence-electron chi connectivity index (χ4n) is 2.55. The third-order valence-corrected chi connectivity index (χ3v) is 4.71. The molecule has 0 aliphatic carbocycles. The lowest BCUT2D eigenvalue weighted by molar-refractivity contribution is -0.666.